The van der Waals surface area contributed by atoms with E-state index in [9.17, 15) is 8.42 Å². The molecule has 0 aliphatic carbocycles. The Labute approximate surface area is 131 Å². The molecule has 0 saturated heterocycles. The third kappa shape index (κ3) is 33.0. The molecule has 0 heterocycles. The van der Waals surface area contributed by atoms with Gasteiger partial charge in [0.1, 0.15) is 0 Å². The maximum Gasteiger partial charge on any atom is 0.397 e. The number of rotatable bonds is 12. The summed E-state index contributed by atoms with van der Waals surface area (Å²) in [5, 5.41) is 8.06. The second kappa shape index (κ2) is 16.2. The lowest BCUT2D eigenvalue weighted by Gasteiger charge is -2.02. The second-order valence-corrected chi connectivity index (χ2v) is 6.62. The van der Waals surface area contributed by atoms with Crippen molar-refractivity contribution >= 4 is 10.4 Å². The van der Waals surface area contributed by atoms with Crippen molar-refractivity contribution < 1.29 is 22.3 Å². The highest BCUT2D eigenvalue weighted by atomic mass is 32.3. The van der Waals surface area contributed by atoms with Gasteiger partial charge in [0.05, 0.1) is 6.61 Å². The average Bonchev–Trinajstić information content (AvgIpc) is 2.34. The zero-order chi connectivity index (χ0) is 16.6. The Kier molecular flexibility index (Phi) is 17.8. The van der Waals surface area contributed by atoms with Crippen molar-refractivity contribution in [3.05, 3.63) is 0 Å². The fourth-order valence-electron chi connectivity index (χ4n) is 1.75. The van der Waals surface area contributed by atoms with Crippen molar-refractivity contribution in [2.75, 3.05) is 6.61 Å². The number of aliphatic hydroxyl groups is 1. The lowest BCUT2D eigenvalue weighted by molar-refractivity contribution is 0.216. The van der Waals surface area contributed by atoms with Gasteiger partial charge in [0.15, 0.2) is 0 Å². The monoisotopic (exact) mass is 326 g/mol. The SMILES string of the molecule is CC(C)O.CCCCCCCCCCCCOS(=O)(=O)O. The third-order valence-corrected chi connectivity index (χ3v) is 3.19. The maximum absolute atomic E-state index is 10.2. The Morgan fingerprint density at radius 3 is 1.52 bits per heavy atom. The lowest BCUT2D eigenvalue weighted by atomic mass is 10.1. The highest BCUT2D eigenvalue weighted by molar-refractivity contribution is 7.80. The van der Waals surface area contributed by atoms with Gasteiger partial charge in [-0.25, -0.2) is 4.18 Å². The van der Waals surface area contributed by atoms with E-state index >= 15 is 0 Å². The summed E-state index contributed by atoms with van der Waals surface area (Å²) in [5.74, 6) is 0. The molecule has 0 spiro atoms. The smallest absolute Gasteiger partial charge is 0.394 e. The normalized spacial score (nSPS) is 11.3. The molecule has 0 atom stereocenters. The Morgan fingerprint density at radius 1 is 0.857 bits per heavy atom. The second-order valence-electron chi connectivity index (χ2n) is 5.53. The van der Waals surface area contributed by atoms with Crippen LogP contribution in [0.3, 0.4) is 0 Å². The van der Waals surface area contributed by atoms with Crippen LogP contribution in [0.25, 0.3) is 0 Å². The van der Waals surface area contributed by atoms with Gasteiger partial charge in [0.25, 0.3) is 0 Å². The van der Waals surface area contributed by atoms with Gasteiger partial charge in [0, 0.05) is 6.10 Å². The molecule has 2 N–H and O–H groups in total. The van der Waals surface area contributed by atoms with Crippen LogP contribution in [0.4, 0.5) is 0 Å². The zero-order valence-electron chi connectivity index (χ0n) is 13.9. The molecular weight excluding hydrogens is 292 g/mol. The minimum absolute atomic E-state index is 0.0926. The van der Waals surface area contributed by atoms with Crippen molar-refractivity contribution in [2.45, 2.75) is 91.1 Å². The van der Waals surface area contributed by atoms with E-state index in [-0.39, 0.29) is 12.7 Å². The van der Waals surface area contributed by atoms with Gasteiger partial charge < -0.3 is 5.11 Å². The van der Waals surface area contributed by atoms with E-state index in [4.69, 9.17) is 9.66 Å². The zero-order valence-corrected chi connectivity index (χ0v) is 14.7. The van der Waals surface area contributed by atoms with Gasteiger partial charge >= 0.3 is 10.4 Å². The van der Waals surface area contributed by atoms with Crippen molar-refractivity contribution in [1.82, 2.24) is 0 Å². The summed E-state index contributed by atoms with van der Waals surface area (Å²) in [6.07, 6.45) is 11.7. The summed E-state index contributed by atoms with van der Waals surface area (Å²) in [5.41, 5.74) is 0. The molecule has 0 rings (SSSR count). The van der Waals surface area contributed by atoms with E-state index < -0.39 is 10.4 Å². The molecule has 0 bridgehead atoms. The molecular formula is C15H34O5S. The first-order valence-electron chi connectivity index (χ1n) is 8.09. The van der Waals surface area contributed by atoms with Gasteiger partial charge in [-0.1, -0.05) is 64.7 Å². The fourth-order valence-corrected chi connectivity index (χ4v) is 2.08. The third-order valence-electron chi connectivity index (χ3n) is 2.73. The van der Waals surface area contributed by atoms with E-state index in [2.05, 4.69) is 11.1 Å². The number of hydrogen-bond acceptors (Lipinski definition) is 4. The molecule has 5 nitrogen and oxygen atoms in total. The molecule has 0 aromatic heterocycles. The van der Waals surface area contributed by atoms with Crippen LogP contribution in [0.5, 0.6) is 0 Å². The molecule has 0 fully saturated rings. The minimum Gasteiger partial charge on any atom is -0.394 e. The molecule has 0 aliphatic rings. The summed E-state index contributed by atoms with van der Waals surface area (Å²) in [6.45, 7) is 5.75. The largest absolute Gasteiger partial charge is 0.397 e. The summed E-state index contributed by atoms with van der Waals surface area (Å²) in [4.78, 5) is 0. The molecule has 130 valence electrons. The van der Waals surface area contributed by atoms with Crippen LogP contribution in [0.1, 0.15) is 85.0 Å². The molecule has 21 heavy (non-hydrogen) atoms. The predicted octanol–water partition coefficient (Wildman–Crippen LogP) is 4.11. The quantitative estimate of drug-likeness (QED) is 0.416. The Hall–Kier alpha value is -0.170. The summed E-state index contributed by atoms with van der Waals surface area (Å²) in [6, 6.07) is 0. The van der Waals surface area contributed by atoms with Gasteiger partial charge in [0.2, 0.25) is 0 Å². The van der Waals surface area contributed by atoms with Crippen LogP contribution in [-0.4, -0.2) is 30.8 Å². The van der Waals surface area contributed by atoms with E-state index in [1.807, 2.05) is 0 Å². The van der Waals surface area contributed by atoms with Crippen molar-refractivity contribution in [2.24, 2.45) is 0 Å². The summed E-state index contributed by atoms with van der Waals surface area (Å²) < 4.78 is 33.0. The molecule has 0 aliphatic heterocycles. The van der Waals surface area contributed by atoms with Crippen molar-refractivity contribution in [3.63, 3.8) is 0 Å². The van der Waals surface area contributed by atoms with Crippen LogP contribution < -0.4 is 0 Å². The van der Waals surface area contributed by atoms with E-state index in [1.54, 1.807) is 13.8 Å². The van der Waals surface area contributed by atoms with E-state index in [0.29, 0.717) is 6.42 Å². The molecule has 0 amide bonds. The maximum atomic E-state index is 10.2. The Bertz CT molecular complexity index is 286. The lowest BCUT2D eigenvalue weighted by Crippen LogP contribution is -2.04. The van der Waals surface area contributed by atoms with E-state index in [1.165, 1.54) is 44.9 Å². The minimum atomic E-state index is -4.23. The number of aliphatic hydroxyl groups excluding tert-OH is 1. The highest BCUT2D eigenvalue weighted by Crippen LogP contribution is 2.10. The van der Waals surface area contributed by atoms with Crippen LogP contribution in [0, 0.1) is 0 Å². The topological polar surface area (TPSA) is 83.8 Å². The van der Waals surface area contributed by atoms with Gasteiger partial charge in [-0.2, -0.15) is 8.42 Å². The van der Waals surface area contributed by atoms with Crippen LogP contribution in [0.15, 0.2) is 0 Å². The highest BCUT2D eigenvalue weighted by Gasteiger charge is 2.02. The van der Waals surface area contributed by atoms with Gasteiger partial charge in [-0.3, -0.25) is 4.55 Å². The van der Waals surface area contributed by atoms with Crippen LogP contribution in [0.2, 0.25) is 0 Å². The average molecular weight is 326 g/mol. The van der Waals surface area contributed by atoms with Crippen LogP contribution >= 0.6 is 0 Å². The first-order chi connectivity index (χ1) is 9.79. The summed E-state index contributed by atoms with van der Waals surface area (Å²) >= 11 is 0. The van der Waals surface area contributed by atoms with Crippen LogP contribution in [-0.2, 0) is 14.6 Å². The van der Waals surface area contributed by atoms with Crippen molar-refractivity contribution in [3.8, 4) is 0 Å². The standard InChI is InChI=1S/C12H26O4S.C3H8O/c1-2-3-4-5-6-7-8-9-10-11-12-16-17(13,14)15;1-3(2)4/h2-12H2,1H3,(H,13,14,15);3-4H,1-2H3. The molecule has 0 unspecified atom stereocenters. The predicted molar refractivity (Wildman–Crippen MR) is 86.7 cm³/mol. The first-order valence-corrected chi connectivity index (χ1v) is 9.46. The molecule has 6 heteroatoms. The summed E-state index contributed by atoms with van der Waals surface area (Å²) in [7, 11) is -4.23. The van der Waals surface area contributed by atoms with Crippen molar-refractivity contribution in [1.29, 1.82) is 0 Å². The van der Waals surface area contributed by atoms with Gasteiger partial charge in [-0.15, -0.1) is 0 Å². The number of unbranched alkanes of at least 4 members (excludes halogenated alkanes) is 9. The molecule has 0 saturated carbocycles. The first kappa shape index (κ1) is 23.1. The molecule has 0 radical (unpaired) electrons. The fraction of sp³-hybridized carbons (Fsp3) is 1.00. The molecule has 0 aromatic carbocycles. The Balaban J connectivity index is 0. The Morgan fingerprint density at radius 2 is 1.19 bits per heavy atom. The molecule has 0 aromatic rings. The van der Waals surface area contributed by atoms with E-state index in [0.717, 1.165) is 12.8 Å². The van der Waals surface area contributed by atoms with Gasteiger partial charge in [-0.05, 0) is 20.3 Å². The number of hydrogen-bond donors (Lipinski definition) is 2.